The van der Waals surface area contributed by atoms with Crippen LogP contribution in [-0.2, 0) is 0 Å². The van der Waals surface area contributed by atoms with Gasteiger partial charge in [0.15, 0.2) is 11.5 Å². The lowest BCUT2D eigenvalue weighted by atomic mass is 9.83. The number of para-hydroxylation sites is 1. The van der Waals surface area contributed by atoms with E-state index in [0.717, 1.165) is 59.5 Å². The number of halogens is 1. The van der Waals surface area contributed by atoms with Gasteiger partial charge in [0.25, 0.3) is 0 Å². The second-order valence-corrected chi connectivity index (χ2v) is 11.0. The molecule has 7 rings (SSSR count). The van der Waals surface area contributed by atoms with Gasteiger partial charge in [-0.15, -0.1) is 11.3 Å². The molecule has 0 radical (unpaired) electrons. The lowest BCUT2D eigenvalue weighted by Gasteiger charge is -2.28. The average molecular weight is 524 g/mol. The third-order valence-electron chi connectivity index (χ3n) is 6.92. The van der Waals surface area contributed by atoms with E-state index >= 15 is 0 Å². The fourth-order valence-corrected chi connectivity index (χ4v) is 5.79. The highest BCUT2D eigenvalue weighted by Crippen LogP contribution is 2.37. The van der Waals surface area contributed by atoms with Crippen LogP contribution in [0.5, 0.6) is 0 Å². The Morgan fingerprint density at radius 1 is 1.03 bits per heavy atom. The molecule has 7 nitrogen and oxygen atoms in total. The van der Waals surface area contributed by atoms with Crippen molar-refractivity contribution >= 4 is 50.7 Å². The predicted octanol–water partition coefficient (Wildman–Crippen LogP) is 7.67. The van der Waals surface area contributed by atoms with Gasteiger partial charge in [-0.2, -0.15) is 5.10 Å². The minimum atomic E-state index is 0.549. The molecule has 5 heterocycles. The summed E-state index contributed by atoms with van der Waals surface area (Å²) < 4.78 is 0.749. The maximum absolute atomic E-state index is 6.19. The van der Waals surface area contributed by atoms with Crippen molar-refractivity contribution < 1.29 is 0 Å². The van der Waals surface area contributed by atoms with Gasteiger partial charge >= 0.3 is 0 Å². The second-order valence-electron chi connectivity index (χ2n) is 9.30. The number of rotatable bonds is 6. The summed E-state index contributed by atoms with van der Waals surface area (Å²) in [5.74, 6) is 1.21. The Kier molecular flexibility index (Phi) is 5.30. The van der Waals surface area contributed by atoms with Crippen molar-refractivity contribution in [2.24, 2.45) is 5.92 Å². The molecule has 6 aromatic rings. The fourth-order valence-electron chi connectivity index (χ4n) is 4.72. The van der Waals surface area contributed by atoms with Crippen LogP contribution in [0.15, 0.2) is 73.2 Å². The zero-order valence-electron chi connectivity index (χ0n) is 19.8. The molecular weight excluding hydrogens is 502 g/mol. The molecule has 1 aromatic carbocycles. The molecule has 1 aliphatic carbocycles. The van der Waals surface area contributed by atoms with Crippen LogP contribution in [0.4, 0.5) is 5.69 Å². The molecule has 182 valence electrons. The maximum atomic E-state index is 6.19. The minimum Gasteiger partial charge on any atom is -0.358 e. The SMILES string of the molecule is C=C(Nc1cncc(-c2ccc3[nH]nc(-c4nc5c(-c6ccc(Cl)s6)cccc5[nH]4)c3n2)c1)C1CCC1. The molecular formula is C28H22ClN7S. The summed E-state index contributed by atoms with van der Waals surface area (Å²) in [5, 5.41) is 11.1. The van der Waals surface area contributed by atoms with Crippen molar-refractivity contribution in [2.45, 2.75) is 19.3 Å². The van der Waals surface area contributed by atoms with E-state index in [2.05, 4.69) is 44.2 Å². The normalized spacial score (nSPS) is 13.8. The number of H-pyrrole nitrogens is 2. The smallest absolute Gasteiger partial charge is 0.161 e. The number of pyridine rings is 2. The molecule has 0 amide bonds. The molecule has 1 fully saturated rings. The molecule has 1 aliphatic rings. The van der Waals surface area contributed by atoms with E-state index in [1.54, 1.807) is 0 Å². The maximum Gasteiger partial charge on any atom is 0.161 e. The van der Waals surface area contributed by atoms with Gasteiger partial charge in [-0.05, 0) is 55.2 Å². The standard InChI is InChI=1S/C28H22ClN7S/c1-15(16-4-2-5-16)31-18-12-17(13-30-14-18)20-8-9-22-26(32-20)27(36-35-22)28-33-21-7-3-6-19(25(21)34-28)23-10-11-24(29)37-23/h3,6-14,16,31H,1-2,4-5H2,(H,33,34)(H,35,36). The number of anilines is 1. The summed E-state index contributed by atoms with van der Waals surface area (Å²) >= 11 is 7.73. The van der Waals surface area contributed by atoms with Gasteiger partial charge in [0.05, 0.1) is 38.5 Å². The van der Waals surface area contributed by atoms with Crippen LogP contribution in [0.3, 0.4) is 0 Å². The number of hydrogen-bond acceptors (Lipinski definition) is 6. The fraction of sp³-hybridized carbons (Fsp3) is 0.143. The van der Waals surface area contributed by atoms with Gasteiger partial charge in [-0.1, -0.05) is 36.7 Å². The molecule has 9 heteroatoms. The Bertz CT molecular complexity index is 1790. The van der Waals surface area contributed by atoms with Crippen molar-refractivity contribution in [2.75, 3.05) is 5.32 Å². The molecule has 0 spiro atoms. The van der Waals surface area contributed by atoms with Gasteiger partial charge in [0, 0.05) is 27.9 Å². The van der Waals surface area contributed by atoms with E-state index in [-0.39, 0.29) is 0 Å². The van der Waals surface area contributed by atoms with Crippen molar-refractivity contribution in [3.05, 3.63) is 77.5 Å². The second kappa shape index (κ2) is 8.83. The summed E-state index contributed by atoms with van der Waals surface area (Å²) in [4.78, 5) is 18.8. The molecule has 0 bridgehead atoms. The number of hydrogen-bond donors (Lipinski definition) is 3. The van der Waals surface area contributed by atoms with Crippen LogP contribution in [-0.4, -0.2) is 30.1 Å². The van der Waals surface area contributed by atoms with Crippen LogP contribution in [0, 0.1) is 5.92 Å². The molecule has 0 unspecified atom stereocenters. The molecule has 0 atom stereocenters. The van der Waals surface area contributed by atoms with Crippen molar-refractivity contribution in [1.82, 2.24) is 30.1 Å². The van der Waals surface area contributed by atoms with Crippen molar-refractivity contribution in [3.8, 4) is 33.2 Å². The number of imidazole rings is 1. The molecule has 0 aliphatic heterocycles. The summed E-state index contributed by atoms with van der Waals surface area (Å²) in [6, 6.07) is 16.0. The van der Waals surface area contributed by atoms with Gasteiger partial charge < -0.3 is 10.3 Å². The highest BCUT2D eigenvalue weighted by molar-refractivity contribution is 7.19. The largest absolute Gasteiger partial charge is 0.358 e. The molecule has 3 N–H and O–H groups in total. The Labute approximate surface area is 221 Å². The Balaban J connectivity index is 1.26. The summed E-state index contributed by atoms with van der Waals surface area (Å²) in [7, 11) is 0. The number of nitrogens with zero attached hydrogens (tertiary/aromatic N) is 4. The van der Waals surface area contributed by atoms with Crippen LogP contribution < -0.4 is 5.32 Å². The van der Waals surface area contributed by atoms with Gasteiger partial charge in [-0.3, -0.25) is 10.1 Å². The van der Waals surface area contributed by atoms with Gasteiger partial charge in [-0.25, -0.2) is 9.97 Å². The predicted molar refractivity (Wildman–Crippen MR) is 151 cm³/mol. The van der Waals surface area contributed by atoms with Crippen molar-refractivity contribution in [1.29, 1.82) is 0 Å². The number of allylic oxidation sites excluding steroid dienone is 1. The average Bonchev–Trinajstić information content (AvgIpc) is 3.60. The van der Waals surface area contributed by atoms with Crippen LogP contribution >= 0.6 is 22.9 Å². The number of benzene rings is 1. The van der Waals surface area contributed by atoms with Gasteiger partial charge in [0.1, 0.15) is 5.52 Å². The zero-order chi connectivity index (χ0) is 24.9. The first-order valence-electron chi connectivity index (χ1n) is 12.1. The van der Waals surface area contributed by atoms with E-state index in [4.69, 9.17) is 21.6 Å². The number of thiophene rings is 1. The van der Waals surface area contributed by atoms with Crippen molar-refractivity contribution in [3.63, 3.8) is 0 Å². The molecule has 5 aromatic heterocycles. The third kappa shape index (κ3) is 3.98. The first kappa shape index (κ1) is 22.2. The number of fused-ring (bicyclic) bond motifs is 2. The molecule has 37 heavy (non-hydrogen) atoms. The summed E-state index contributed by atoms with van der Waals surface area (Å²) in [6.07, 6.45) is 7.32. The monoisotopic (exact) mass is 523 g/mol. The first-order valence-corrected chi connectivity index (χ1v) is 13.3. The Morgan fingerprint density at radius 3 is 2.76 bits per heavy atom. The lowest BCUT2D eigenvalue weighted by molar-refractivity contribution is 0.371. The minimum absolute atomic E-state index is 0.549. The highest BCUT2D eigenvalue weighted by atomic mass is 35.5. The van der Waals surface area contributed by atoms with E-state index in [0.29, 0.717) is 17.4 Å². The lowest BCUT2D eigenvalue weighted by Crippen LogP contribution is -2.18. The summed E-state index contributed by atoms with van der Waals surface area (Å²) in [6.45, 7) is 4.21. The summed E-state index contributed by atoms with van der Waals surface area (Å²) in [5.41, 5.74) is 8.79. The first-order chi connectivity index (χ1) is 18.1. The third-order valence-corrected chi connectivity index (χ3v) is 8.18. The highest BCUT2D eigenvalue weighted by Gasteiger charge is 2.21. The molecule has 0 saturated heterocycles. The quantitative estimate of drug-likeness (QED) is 0.208. The van der Waals surface area contributed by atoms with E-state index in [1.165, 1.54) is 30.6 Å². The van der Waals surface area contributed by atoms with E-state index < -0.39 is 0 Å². The van der Waals surface area contributed by atoms with Crippen LogP contribution in [0.2, 0.25) is 4.34 Å². The number of nitrogens with one attached hydrogen (secondary N) is 3. The number of aromatic nitrogens is 6. The van der Waals surface area contributed by atoms with Crippen LogP contribution in [0.25, 0.3) is 55.3 Å². The number of aromatic amines is 2. The van der Waals surface area contributed by atoms with Gasteiger partial charge in [0.2, 0.25) is 0 Å². The molecule has 1 saturated carbocycles. The Morgan fingerprint density at radius 2 is 1.95 bits per heavy atom. The van der Waals surface area contributed by atoms with E-state index in [1.807, 2.05) is 48.8 Å². The van der Waals surface area contributed by atoms with Crippen LogP contribution in [0.1, 0.15) is 19.3 Å². The Hall–Kier alpha value is -4.01. The topological polar surface area (TPSA) is 95.2 Å². The van der Waals surface area contributed by atoms with E-state index in [9.17, 15) is 0 Å². The zero-order valence-corrected chi connectivity index (χ0v) is 21.3.